The molecule has 0 fully saturated rings. The molecule has 1 unspecified atom stereocenters. The Morgan fingerprint density at radius 3 is 2.95 bits per heavy atom. The zero-order valence-electron chi connectivity index (χ0n) is 12.2. The van der Waals surface area contributed by atoms with Crippen LogP contribution in [0.2, 0.25) is 0 Å². The summed E-state index contributed by atoms with van der Waals surface area (Å²) in [6, 6.07) is 2.60. The molecule has 1 N–H and O–H groups in total. The Hall–Kier alpha value is -1.62. The fraction of sp³-hybridized carbons (Fsp3) is 0.571. The maximum absolute atomic E-state index is 4.39. The van der Waals surface area contributed by atoms with Gasteiger partial charge in [-0.05, 0) is 26.5 Å². The third kappa shape index (κ3) is 3.04. The molecule has 2 rings (SSSR count). The minimum Gasteiger partial charge on any atom is -0.367 e. The van der Waals surface area contributed by atoms with Crippen LogP contribution < -0.4 is 5.32 Å². The van der Waals surface area contributed by atoms with Crippen LogP contribution in [0.5, 0.6) is 0 Å². The number of pyridine rings is 1. The summed E-state index contributed by atoms with van der Waals surface area (Å²) in [7, 11) is 4.15. The zero-order chi connectivity index (χ0) is 13.8. The highest BCUT2D eigenvalue weighted by Gasteiger charge is 2.08. The molecule has 2 aromatic rings. The predicted octanol–water partition coefficient (Wildman–Crippen LogP) is 2.11. The van der Waals surface area contributed by atoms with E-state index < -0.39 is 0 Å². The molecule has 0 aliphatic rings. The molecule has 0 radical (unpaired) electrons. The van der Waals surface area contributed by atoms with E-state index in [2.05, 4.69) is 41.1 Å². The molecule has 0 spiro atoms. The van der Waals surface area contributed by atoms with Crippen LogP contribution in [0.1, 0.15) is 20.3 Å². The molecule has 1 atom stereocenters. The third-order valence-corrected chi connectivity index (χ3v) is 3.74. The van der Waals surface area contributed by atoms with Gasteiger partial charge in [-0.25, -0.2) is 9.97 Å². The molecule has 0 saturated heterocycles. The van der Waals surface area contributed by atoms with E-state index in [1.54, 1.807) is 0 Å². The van der Waals surface area contributed by atoms with Crippen molar-refractivity contribution in [3.8, 4) is 0 Å². The summed E-state index contributed by atoms with van der Waals surface area (Å²) in [6.45, 7) is 6.34. The largest absolute Gasteiger partial charge is 0.367 e. The van der Waals surface area contributed by atoms with Crippen LogP contribution in [0.4, 0.5) is 5.82 Å². The van der Waals surface area contributed by atoms with Gasteiger partial charge in [0.2, 0.25) is 0 Å². The Kier molecular flexibility index (Phi) is 4.37. The van der Waals surface area contributed by atoms with Gasteiger partial charge in [0.05, 0.1) is 11.8 Å². The van der Waals surface area contributed by atoms with Crippen molar-refractivity contribution in [2.75, 3.05) is 25.5 Å². The Morgan fingerprint density at radius 2 is 2.21 bits per heavy atom. The fourth-order valence-electron chi connectivity index (χ4n) is 2.07. The predicted molar refractivity (Wildman–Crippen MR) is 79.4 cm³/mol. The number of hydrogen-bond acceptors (Lipinski definition) is 4. The minimum absolute atomic E-state index is 0.611. The van der Waals surface area contributed by atoms with Gasteiger partial charge in [0.15, 0.2) is 5.82 Å². The lowest BCUT2D eigenvalue weighted by atomic mass is 10.2. The Labute approximate surface area is 114 Å². The maximum atomic E-state index is 4.39. The zero-order valence-corrected chi connectivity index (χ0v) is 12.2. The van der Waals surface area contributed by atoms with Crippen LogP contribution in [-0.4, -0.2) is 45.6 Å². The Balaban J connectivity index is 1.99. The molecular formula is C14H23N5. The molecule has 0 aliphatic carbocycles. The van der Waals surface area contributed by atoms with Crippen molar-refractivity contribution in [2.24, 2.45) is 7.05 Å². The van der Waals surface area contributed by atoms with Crippen LogP contribution in [0.25, 0.3) is 11.0 Å². The number of nitrogens with zero attached hydrogens (tertiary/aromatic N) is 4. The summed E-state index contributed by atoms with van der Waals surface area (Å²) < 4.78 is 2.01. The first-order chi connectivity index (χ1) is 9.13. The first-order valence-electron chi connectivity index (χ1n) is 6.83. The molecular weight excluding hydrogens is 238 g/mol. The van der Waals surface area contributed by atoms with Crippen molar-refractivity contribution >= 4 is 16.9 Å². The second-order valence-electron chi connectivity index (χ2n) is 5.05. The van der Waals surface area contributed by atoms with Gasteiger partial charge in [-0.3, -0.25) is 0 Å². The molecule has 0 aromatic carbocycles. The monoisotopic (exact) mass is 261 g/mol. The minimum atomic E-state index is 0.611. The quantitative estimate of drug-likeness (QED) is 0.865. The molecule has 0 saturated carbocycles. The van der Waals surface area contributed by atoms with Crippen molar-refractivity contribution < 1.29 is 0 Å². The lowest BCUT2D eigenvalue weighted by molar-refractivity contribution is 0.261. The first kappa shape index (κ1) is 13.8. The van der Waals surface area contributed by atoms with E-state index >= 15 is 0 Å². The summed E-state index contributed by atoms with van der Waals surface area (Å²) in [5.74, 6) is 0.871. The van der Waals surface area contributed by atoms with Gasteiger partial charge in [-0.1, -0.05) is 6.92 Å². The first-order valence-corrected chi connectivity index (χ1v) is 6.83. The molecule has 0 amide bonds. The number of anilines is 1. The molecule has 104 valence electrons. The number of aryl methyl sites for hydroxylation is 1. The van der Waals surface area contributed by atoms with Crippen LogP contribution in [0.15, 0.2) is 18.6 Å². The topological polar surface area (TPSA) is 46.0 Å². The van der Waals surface area contributed by atoms with E-state index in [0.717, 1.165) is 29.9 Å². The van der Waals surface area contributed by atoms with E-state index in [9.17, 15) is 0 Å². The normalized spacial score (nSPS) is 13.1. The number of aromatic nitrogens is 3. The number of rotatable bonds is 6. The van der Waals surface area contributed by atoms with Crippen molar-refractivity contribution in [1.29, 1.82) is 0 Å². The van der Waals surface area contributed by atoms with E-state index in [1.807, 2.05) is 30.2 Å². The van der Waals surface area contributed by atoms with Crippen molar-refractivity contribution in [2.45, 2.75) is 26.3 Å². The Bertz CT molecular complexity index is 534. The molecule has 2 heterocycles. The summed E-state index contributed by atoms with van der Waals surface area (Å²) >= 11 is 0. The maximum Gasteiger partial charge on any atom is 0.154 e. The van der Waals surface area contributed by atoms with Crippen LogP contribution in [0.3, 0.4) is 0 Å². The molecule has 0 aliphatic heterocycles. The van der Waals surface area contributed by atoms with Gasteiger partial charge in [-0.15, -0.1) is 0 Å². The molecule has 2 aromatic heterocycles. The number of fused-ring (bicyclic) bond motifs is 1. The second-order valence-corrected chi connectivity index (χ2v) is 5.05. The highest BCUT2D eigenvalue weighted by Crippen LogP contribution is 2.18. The smallest absolute Gasteiger partial charge is 0.154 e. The number of hydrogen-bond donors (Lipinski definition) is 1. The van der Waals surface area contributed by atoms with Crippen molar-refractivity contribution in [3.63, 3.8) is 0 Å². The average molecular weight is 261 g/mol. The third-order valence-electron chi connectivity index (χ3n) is 3.74. The highest BCUT2D eigenvalue weighted by atomic mass is 15.1. The lowest BCUT2D eigenvalue weighted by Crippen LogP contribution is -2.32. The lowest BCUT2D eigenvalue weighted by Gasteiger charge is -2.23. The second kappa shape index (κ2) is 6.02. The highest BCUT2D eigenvalue weighted by molar-refractivity contribution is 5.85. The summed E-state index contributed by atoms with van der Waals surface area (Å²) in [5.41, 5.74) is 2.05. The number of nitrogens with one attached hydrogen (secondary N) is 1. The van der Waals surface area contributed by atoms with Gasteiger partial charge in [0.1, 0.15) is 5.52 Å². The van der Waals surface area contributed by atoms with Crippen LogP contribution in [-0.2, 0) is 7.05 Å². The molecule has 19 heavy (non-hydrogen) atoms. The van der Waals surface area contributed by atoms with Gasteiger partial charge in [-0.2, -0.15) is 0 Å². The van der Waals surface area contributed by atoms with Gasteiger partial charge in [0.25, 0.3) is 0 Å². The summed E-state index contributed by atoms with van der Waals surface area (Å²) in [5, 5.41) is 3.38. The van der Waals surface area contributed by atoms with E-state index in [0.29, 0.717) is 6.04 Å². The average Bonchev–Trinajstić information content (AvgIpc) is 2.80. The van der Waals surface area contributed by atoms with Crippen molar-refractivity contribution in [1.82, 2.24) is 19.4 Å². The van der Waals surface area contributed by atoms with Gasteiger partial charge in [0, 0.05) is 32.4 Å². The standard InChI is InChI=1S/C14H23N5/c1-5-11(2)18(3)9-8-16-14-13-12(6-7-15-14)19(4)10-17-13/h6-7,10-11H,5,8-9H2,1-4H3,(H,15,16). The van der Waals surface area contributed by atoms with Crippen LogP contribution in [0, 0.1) is 0 Å². The van der Waals surface area contributed by atoms with Crippen molar-refractivity contribution in [3.05, 3.63) is 18.6 Å². The van der Waals surface area contributed by atoms with Crippen LogP contribution >= 0.6 is 0 Å². The van der Waals surface area contributed by atoms with E-state index in [4.69, 9.17) is 0 Å². The SMILES string of the molecule is CCC(C)N(C)CCNc1nccc2c1ncn2C. The number of likely N-dealkylation sites (N-methyl/N-ethyl adjacent to an activating group) is 1. The van der Waals surface area contributed by atoms with E-state index in [-0.39, 0.29) is 0 Å². The molecule has 5 heteroatoms. The molecule has 5 nitrogen and oxygen atoms in total. The summed E-state index contributed by atoms with van der Waals surface area (Å²) in [6.07, 6.45) is 4.82. The Morgan fingerprint density at radius 1 is 1.42 bits per heavy atom. The van der Waals surface area contributed by atoms with Gasteiger partial charge < -0.3 is 14.8 Å². The molecule has 0 bridgehead atoms. The summed E-state index contributed by atoms with van der Waals surface area (Å²) in [4.78, 5) is 11.1. The number of imidazole rings is 1. The van der Waals surface area contributed by atoms with E-state index in [1.165, 1.54) is 6.42 Å². The fourth-order valence-corrected chi connectivity index (χ4v) is 2.07. The van der Waals surface area contributed by atoms with Gasteiger partial charge >= 0.3 is 0 Å².